The first-order chi connectivity index (χ1) is 9.50. The van der Waals surface area contributed by atoms with Crippen LogP contribution in [0, 0.1) is 10.8 Å². The number of ether oxygens (including phenoxy) is 1. The lowest BCUT2D eigenvalue weighted by molar-refractivity contribution is -0.147. The summed E-state index contributed by atoms with van der Waals surface area (Å²) in [7, 11) is -1.34. The van der Waals surface area contributed by atoms with E-state index in [1.165, 1.54) is 0 Å². The molecule has 0 aromatic carbocycles. The van der Waals surface area contributed by atoms with Crippen molar-refractivity contribution in [2.24, 2.45) is 10.8 Å². The number of hydrogen-bond donors (Lipinski definition) is 1. The minimum atomic E-state index is -1.34. The average molecular weight is 313 g/mol. The van der Waals surface area contributed by atoms with Crippen LogP contribution in [0.4, 0.5) is 0 Å². The van der Waals surface area contributed by atoms with Crippen LogP contribution >= 0.6 is 0 Å². The SMILES string of the molecule is CC(C)(C)C(=O)O/C=C(/C[Si](C)(C)C)C1(CO)CCCC1. The van der Waals surface area contributed by atoms with Gasteiger partial charge in [0.1, 0.15) is 0 Å². The molecule has 1 rings (SSSR count). The second-order valence-electron chi connectivity index (χ2n) is 8.68. The topological polar surface area (TPSA) is 46.5 Å². The number of carbonyl (C=O) groups excluding carboxylic acids is 1. The van der Waals surface area contributed by atoms with Gasteiger partial charge in [-0.05, 0) is 45.2 Å². The molecule has 0 radical (unpaired) electrons. The van der Waals surface area contributed by atoms with E-state index < -0.39 is 13.5 Å². The molecule has 0 heterocycles. The molecular formula is C17H32O3Si. The zero-order valence-electron chi connectivity index (χ0n) is 14.6. The largest absolute Gasteiger partial charge is 0.434 e. The van der Waals surface area contributed by atoms with Crippen LogP contribution in [0.3, 0.4) is 0 Å². The zero-order chi connectivity index (χ0) is 16.3. The molecule has 0 unspecified atom stereocenters. The van der Waals surface area contributed by atoms with Gasteiger partial charge in [-0.1, -0.05) is 32.5 Å². The van der Waals surface area contributed by atoms with Gasteiger partial charge in [0.25, 0.3) is 0 Å². The molecule has 0 aromatic rings. The first kappa shape index (κ1) is 18.4. The third-order valence-electron chi connectivity index (χ3n) is 4.19. The maximum absolute atomic E-state index is 12.0. The Balaban J connectivity index is 3.00. The zero-order valence-corrected chi connectivity index (χ0v) is 15.6. The lowest BCUT2D eigenvalue weighted by Gasteiger charge is -2.33. The highest BCUT2D eigenvalue weighted by molar-refractivity contribution is 6.76. The molecular weight excluding hydrogens is 280 g/mol. The molecule has 1 aliphatic carbocycles. The maximum atomic E-state index is 12.0. The molecule has 0 spiro atoms. The van der Waals surface area contributed by atoms with Crippen molar-refractivity contribution in [3.8, 4) is 0 Å². The van der Waals surface area contributed by atoms with Gasteiger partial charge in [-0.25, -0.2) is 0 Å². The van der Waals surface area contributed by atoms with Crippen molar-refractivity contribution in [2.75, 3.05) is 6.61 Å². The Kier molecular flexibility index (Phi) is 5.84. The van der Waals surface area contributed by atoms with Crippen LogP contribution in [-0.2, 0) is 9.53 Å². The van der Waals surface area contributed by atoms with Crippen LogP contribution in [-0.4, -0.2) is 25.8 Å². The van der Waals surface area contributed by atoms with Crippen molar-refractivity contribution < 1.29 is 14.6 Å². The second-order valence-corrected chi connectivity index (χ2v) is 14.2. The average Bonchev–Trinajstić information content (AvgIpc) is 2.81. The fraction of sp³-hybridized carbons (Fsp3) is 0.824. The van der Waals surface area contributed by atoms with Crippen molar-refractivity contribution in [1.29, 1.82) is 0 Å². The summed E-state index contributed by atoms with van der Waals surface area (Å²) in [4.78, 5) is 12.0. The second kappa shape index (κ2) is 6.65. The van der Waals surface area contributed by atoms with E-state index in [2.05, 4.69) is 19.6 Å². The summed E-state index contributed by atoms with van der Waals surface area (Å²) in [5, 5.41) is 9.94. The van der Waals surface area contributed by atoms with Gasteiger partial charge in [0.05, 0.1) is 18.3 Å². The Labute approximate surface area is 130 Å². The first-order valence-corrected chi connectivity index (χ1v) is 11.7. The Hall–Kier alpha value is -0.613. The number of rotatable bonds is 5. The Bertz CT molecular complexity index is 393. The fourth-order valence-electron chi connectivity index (χ4n) is 2.86. The van der Waals surface area contributed by atoms with E-state index in [9.17, 15) is 9.90 Å². The Morgan fingerprint density at radius 3 is 2.14 bits per heavy atom. The highest BCUT2D eigenvalue weighted by atomic mass is 28.3. The molecule has 1 N–H and O–H groups in total. The lowest BCUT2D eigenvalue weighted by Crippen LogP contribution is -2.31. The van der Waals surface area contributed by atoms with Crippen LogP contribution in [0.5, 0.6) is 0 Å². The van der Waals surface area contributed by atoms with Crippen LogP contribution in [0.15, 0.2) is 11.8 Å². The normalized spacial score (nSPS) is 19.7. The molecule has 3 nitrogen and oxygen atoms in total. The molecule has 0 amide bonds. The molecule has 1 aliphatic rings. The van der Waals surface area contributed by atoms with E-state index >= 15 is 0 Å². The summed E-state index contributed by atoms with van der Waals surface area (Å²) >= 11 is 0. The standard InChI is InChI=1S/C17H32O3Si/c1-16(2,3)15(19)20-11-14(12-21(4,5)6)17(13-18)9-7-8-10-17/h11,18H,7-10,12-13H2,1-6H3/b14-11-. The molecule has 0 atom stereocenters. The predicted octanol–water partition coefficient (Wildman–Crippen LogP) is 4.35. The van der Waals surface area contributed by atoms with Gasteiger partial charge in [-0.3, -0.25) is 4.79 Å². The van der Waals surface area contributed by atoms with E-state index in [-0.39, 0.29) is 18.0 Å². The van der Waals surface area contributed by atoms with Gasteiger partial charge < -0.3 is 9.84 Å². The van der Waals surface area contributed by atoms with Gasteiger partial charge in [0.15, 0.2) is 0 Å². The first-order valence-electron chi connectivity index (χ1n) is 8.02. The molecule has 0 aliphatic heterocycles. The molecule has 21 heavy (non-hydrogen) atoms. The summed E-state index contributed by atoms with van der Waals surface area (Å²) in [6.45, 7) is 12.7. The van der Waals surface area contributed by atoms with Crippen molar-refractivity contribution in [1.82, 2.24) is 0 Å². The molecule has 0 saturated heterocycles. The minimum Gasteiger partial charge on any atom is -0.434 e. The number of carbonyl (C=O) groups is 1. The molecule has 0 aromatic heterocycles. The predicted molar refractivity (Wildman–Crippen MR) is 89.8 cm³/mol. The van der Waals surface area contributed by atoms with Gasteiger partial charge >= 0.3 is 5.97 Å². The minimum absolute atomic E-state index is 0.154. The highest BCUT2D eigenvalue weighted by Gasteiger charge is 2.39. The molecule has 1 fully saturated rings. The van der Waals surface area contributed by atoms with Crippen LogP contribution < -0.4 is 0 Å². The quantitative estimate of drug-likeness (QED) is 0.466. The molecule has 122 valence electrons. The Morgan fingerprint density at radius 1 is 1.24 bits per heavy atom. The third kappa shape index (κ3) is 5.26. The van der Waals surface area contributed by atoms with Gasteiger partial charge in [-0.2, -0.15) is 0 Å². The smallest absolute Gasteiger partial charge is 0.316 e. The maximum Gasteiger partial charge on any atom is 0.316 e. The summed E-state index contributed by atoms with van der Waals surface area (Å²) in [6, 6.07) is 0.977. The number of aliphatic hydroxyl groups is 1. The third-order valence-corrected chi connectivity index (χ3v) is 5.63. The summed E-state index contributed by atoms with van der Waals surface area (Å²) in [5.41, 5.74) is 0.501. The molecule has 4 heteroatoms. The van der Waals surface area contributed by atoms with Gasteiger partial charge in [-0.15, -0.1) is 0 Å². The van der Waals surface area contributed by atoms with Crippen molar-refractivity contribution in [3.63, 3.8) is 0 Å². The van der Waals surface area contributed by atoms with Crippen LogP contribution in [0.2, 0.25) is 25.7 Å². The van der Waals surface area contributed by atoms with Crippen LogP contribution in [0.25, 0.3) is 0 Å². The van der Waals surface area contributed by atoms with Crippen molar-refractivity contribution >= 4 is 14.0 Å². The number of aliphatic hydroxyl groups excluding tert-OH is 1. The Morgan fingerprint density at radius 2 is 1.76 bits per heavy atom. The molecule has 1 saturated carbocycles. The number of hydrogen-bond acceptors (Lipinski definition) is 3. The van der Waals surface area contributed by atoms with Crippen molar-refractivity contribution in [3.05, 3.63) is 11.8 Å². The van der Waals surface area contributed by atoms with Crippen LogP contribution in [0.1, 0.15) is 46.5 Å². The highest BCUT2D eigenvalue weighted by Crippen LogP contribution is 2.46. The summed E-state index contributed by atoms with van der Waals surface area (Å²) < 4.78 is 5.46. The van der Waals surface area contributed by atoms with Gasteiger partial charge in [0.2, 0.25) is 0 Å². The van der Waals surface area contributed by atoms with E-state index in [4.69, 9.17) is 4.74 Å². The van der Waals surface area contributed by atoms with Gasteiger partial charge in [0, 0.05) is 13.5 Å². The van der Waals surface area contributed by atoms with E-state index in [1.807, 2.05) is 20.8 Å². The van der Waals surface area contributed by atoms with Crippen molar-refractivity contribution in [2.45, 2.75) is 72.1 Å². The summed E-state index contributed by atoms with van der Waals surface area (Å²) in [5.74, 6) is -0.207. The molecule has 0 bridgehead atoms. The fourth-order valence-corrected chi connectivity index (χ4v) is 4.46. The summed E-state index contributed by atoms with van der Waals surface area (Å²) in [6.07, 6.45) is 5.99. The monoisotopic (exact) mass is 312 g/mol. The van der Waals surface area contributed by atoms with E-state index in [1.54, 1.807) is 6.26 Å². The number of esters is 1. The lowest BCUT2D eigenvalue weighted by atomic mass is 9.80. The van der Waals surface area contributed by atoms with E-state index in [0.29, 0.717) is 0 Å². The van der Waals surface area contributed by atoms with E-state index in [0.717, 1.165) is 37.3 Å².